The second-order valence-electron chi connectivity index (χ2n) is 1.20. The molecule has 0 N–H and O–H groups in total. The third kappa shape index (κ3) is 3.54. The summed E-state index contributed by atoms with van der Waals surface area (Å²) in [6.45, 7) is 1.61. The maximum absolute atomic E-state index is 11.9. The molecule has 0 rings (SSSR count). The van der Waals surface area contributed by atoms with E-state index in [2.05, 4.69) is 4.74 Å². The van der Waals surface area contributed by atoms with Crippen LogP contribution >= 0.6 is 22.6 Å². The zero-order valence-corrected chi connectivity index (χ0v) is 6.61. The quantitative estimate of drug-likeness (QED) is 0.538. The Bertz CT molecular complexity index is 67.1. The number of halogens is 3. The standard InChI is InChI=1S/C4H7F2IO/c1-2-8-4(5,6)3-7/h2-3H2,1H3. The lowest BCUT2D eigenvalue weighted by Gasteiger charge is -2.10. The lowest BCUT2D eigenvalue weighted by molar-refractivity contribution is -0.214. The van der Waals surface area contributed by atoms with Crippen molar-refractivity contribution in [2.75, 3.05) is 11.0 Å². The van der Waals surface area contributed by atoms with Gasteiger partial charge in [0.05, 0.1) is 11.0 Å². The van der Waals surface area contributed by atoms with Crippen LogP contribution in [0.25, 0.3) is 0 Å². The van der Waals surface area contributed by atoms with Gasteiger partial charge in [-0.15, -0.1) is 0 Å². The molecule has 0 aromatic rings. The van der Waals surface area contributed by atoms with Crippen molar-refractivity contribution < 1.29 is 13.5 Å². The van der Waals surface area contributed by atoms with E-state index in [1.807, 2.05) is 0 Å². The average molecular weight is 236 g/mol. The number of hydrogen-bond acceptors (Lipinski definition) is 1. The molecule has 0 heterocycles. The van der Waals surface area contributed by atoms with E-state index in [1.54, 1.807) is 29.5 Å². The lowest BCUT2D eigenvalue weighted by Crippen LogP contribution is -2.21. The van der Waals surface area contributed by atoms with E-state index >= 15 is 0 Å². The van der Waals surface area contributed by atoms with E-state index in [-0.39, 0.29) is 11.0 Å². The summed E-state index contributed by atoms with van der Waals surface area (Å²) in [7, 11) is 0. The second kappa shape index (κ2) is 3.55. The summed E-state index contributed by atoms with van der Waals surface area (Å²) in [5.41, 5.74) is 0. The van der Waals surface area contributed by atoms with Gasteiger partial charge in [0.15, 0.2) is 0 Å². The molecule has 0 bridgehead atoms. The van der Waals surface area contributed by atoms with Crippen LogP contribution in [-0.4, -0.2) is 17.1 Å². The molecule has 0 aromatic carbocycles. The minimum absolute atomic E-state index is 0.0655. The van der Waals surface area contributed by atoms with Crippen molar-refractivity contribution in [3.05, 3.63) is 0 Å². The Kier molecular flexibility index (Phi) is 3.80. The zero-order chi connectivity index (χ0) is 6.62. The summed E-state index contributed by atoms with van der Waals surface area (Å²) >= 11 is 1.58. The summed E-state index contributed by atoms with van der Waals surface area (Å²) in [6.07, 6.45) is -2.92. The molecule has 0 saturated carbocycles. The minimum atomic E-state index is -2.92. The first kappa shape index (κ1) is 8.55. The van der Waals surface area contributed by atoms with E-state index in [0.29, 0.717) is 0 Å². The van der Waals surface area contributed by atoms with Crippen molar-refractivity contribution in [3.8, 4) is 0 Å². The van der Waals surface area contributed by atoms with Gasteiger partial charge in [-0.3, -0.25) is 0 Å². The van der Waals surface area contributed by atoms with Crippen LogP contribution in [0, 0.1) is 0 Å². The third-order valence-electron chi connectivity index (χ3n) is 0.511. The van der Waals surface area contributed by atoms with Gasteiger partial charge in [0.2, 0.25) is 0 Å². The van der Waals surface area contributed by atoms with Gasteiger partial charge in [-0.05, 0) is 6.92 Å². The minimum Gasteiger partial charge on any atom is -0.320 e. The molecule has 0 fully saturated rings. The molecule has 0 aromatic heterocycles. The SMILES string of the molecule is CCOC(F)(F)CI. The van der Waals surface area contributed by atoms with Gasteiger partial charge in [0.25, 0.3) is 0 Å². The fraction of sp³-hybridized carbons (Fsp3) is 1.00. The predicted molar refractivity (Wildman–Crippen MR) is 35.5 cm³/mol. The molecule has 0 aliphatic heterocycles. The Hall–Kier alpha value is 0.550. The fourth-order valence-electron chi connectivity index (χ4n) is 0.250. The summed E-state index contributed by atoms with van der Waals surface area (Å²) in [4.78, 5) is 0. The van der Waals surface area contributed by atoms with E-state index in [0.717, 1.165) is 0 Å². The first-order chi connectivity index (χ1) is 3.62. The molecule has 0 aliphatic rings. The molecule has 50 valence electrons. The third-order valence-corrected chi connectivity index (χ3v) is 1.40. The largest absolute Gasteiger partial charge is 0.364 e. The molecule has 0 radical (unpaired) electrons. The van der Waals surface area contributed by atoms with Crippen molar-refractivity contribution in [1.82, 2.24) is 0 Å². The van der Waals surface area contributed by atoms with Crippen LogP contribution in [0.5, 0.6) is 0 Å². The van der Waals surface area contributed by atoms with Crippen LogP contribution in [0.2, 0.25) is 0 Å². The smallest absolute Gasteiger partial charge is 0.320 e. The molecule has 0 saturated heterocycles. The molecule has 0 spiro atoms. The molecule has 0 unspecified atom stereocenters. The van der Waals surface area contributed by atoms with E-state index in [1.165, 1.54) is 0 Å². The molecule has 1 nitrogen and oxygen atoms in total. The van der Waals surface area contributed by atoms with Crippen LogP contribution in [-0.2, 0) is 4.74 Å². The van der Waals surface area contributed by atoms with Crippen LogP contribution in [0.15, 0.2) is 0 Å². The number of hydrogen-bond donors (Lipinski definition) is 0. The highest BCUT2D eigenvalue weighted by atomic mass is 127. The van der Waals surface area contributed by atoms with Gasteiger partial charge >= 0.3 is 6.11 Å². The van der Waals surface area contributed by atoms with Crippen LogP contribution in [0.1, 0.15) is 6.92 Å². The normalized spacial score (nSPS) is 12.0. The Morgan fingerprint density at radius 1 is 1.62 bits per heavy atom. The summed E-state index contributed by atoms with van der Waals surface area (Å²) in [5, 5.41) is 0. The molecule has 0 aliphatic carbocycles. The molecule has 0 atom stereocenters. The van der Waals surface area contributed by atoms with Gasteiger partial charge in [0.1, 0.15) is 0 Å². The van der Waals surface area contributed by atoms with Crippen molar-refractivity contribution in [2.24, 2.45) is 0 Å². The molecule has 0 amide bonds. The van der Waals surface area contributed by atoms with Gasteiger partial charge in [-0.25, -0.2) is 0 Å². The fourth-order valence-corrected chi connectivity index (χ4v) is 0.470. The van der Waals surface area contributed by atoms with Crippen LogP contribution in [0.4, 0.5) is 8.78 Å². The van der Waals surface area contributed by atoms with Crippen molar-refractivity contribution in [1.29, 1.82) is 0 Å². The van der Waals surface area contributed by atoms with Gasteiger partial charge in [0, 0.05) is 0 Å². The maximum Gasteiger partial charge on any atom is 0.364 e. The molecular formula is C4H7F2IO. The first-order valence-electron chi connectivity index (χ1n) is 2.20. The summed E-state index contributed by atoms with van der Waals surface area (Å²) in [6, 6.07) is 0. The lowest BCUT2D eigenvalue weighted by atomic mass is 10.7. The Balaban J connectivity index is 3.37. The highest BCUT2D eigenvalue weighted by molar-refractivity contribution is 14.1. The molecule has 4 heteroatoms. The molecular weight excluding hydrogens is 229 g/mol. The number of rotatable bonds is 3. The van der Waals surface area contributed by atoms with Gasteiger partial charge < -0.3 is 4.74 Å². The maximum atomic E-state index is 11.9. The Morgan fingerprint density at radius 3 is 2.25 bits per heavy atom. The zero-order valence-electron chi connectivity index (χ0n) is 4.46. The van der Waals surface area contributed by atoms with Gasteiger partial charge in [-0.2, -0.15) is 8.78 Å². The average Bonchev–Trinajstić information content (AvgIpc) is 1.67. The van der Waals surface area contributed by atoms with E-state index in [9.17, 15) is 8.78 Å². The number of alkyl halides is 3. The van der Waals surface area contributed by atoms with Crippen LogP contribution < -0.4 is 0 Å². The number of ether oxygens (including phenoxy) is 1. The summed E-state index contributed by atoms with van der Waals surface area (Å²) < 4.78 is 27.6. The summed E-state index contributed by atoms with van der Waals surface area (Å²) in [5.74, 6) is 0. The van der Waals surface area contributed by atoms with Crippen molar-refractivity contribution in [3.63, 3.8) is 0 Å². The van der Waals surface area contributed by atoms with Gasteiger partial charge in [-0.1, -0.05) is 22.6 Å². The Morgan fingerprint density at radius 2 is 2.12 bits per heavy atom. The molecule has 8 heavy (non-hydrogen) atoms. The highest BCUT2D eigenvalue weighted by Gasteiger charge is 2.26. The van der Waals surface area contributed by atoms with Crippen molar-refractivity contribution in [2.45, 2.75) is 13.0 Å². The first-order valence-corrected chi connectivity index (χ1v) is 3.72. The predicted octanol–water partition coefficient (Wildman–Crippen LogP) is 2.05. The van der Waals surface area contributed by atoms with E-state index in [4.69, 9.17) is 0 Å². The van der Waals surface area contributed by atoms with Crippen molar-refractivity contribution >= 4 is 22.6 Å². The topological polar surface area (TPSA) is 9.23 Å². The Labute approximate surface area is 60.5 Å². The van der Waals surface area contributed by atoms with E-state index < -0.39 is 6.11 Å². The second-order valence-corrected chi connectivity index (χ2v) is 1.97. The van der Waals surface area contributed by atoms with Crippen LogP contribution in [0.3, 0.4) is 0 Å². The monoisotopic (exact) mass is 236 g/mol. The highest BCUT2D eigenvalue weighted by Crippen LogP contribution is 2.17.